The molecule has 106 valence electrons. The van der Waals surface area contributed by atoms with Gasteiger partial charge >= 0.3 is 0 Å². The number of carbonyl (C=O) groups excluding carboxylic acids is 1. The van der Waals surface area contributed by atoms with Gasteiger partial charge < -0.3 is 10.4 Å². The molecule has 0 radical (unpaired) electrons. The smallest absolute Gasteiger partial charge is 0.220 e. The van der Waals surface area contributed by atoms with E-state index in [1.807, 2.05) is 30.3 Å². The van der Waals surface area contributed by atoms with Gasteiger partial charge in [-0.3, -0.25) is 4.79 Å². The van der Waals surface area contributed by atoms with Gasteiger partial charge in [-0.1, -0.05) is 62.9 Å². The lowest BCUT2D eigenvalue weighted by atomic mass is 10.1. The summed E-state index contributed by atoms with van der Waals surface area (Å²) in [6.45, 7) is 2.12. The summed E-state index contributed by atoms with van der Waals surface area (Å²) in [6, 6.07) is 9.30. The molecule has 1 aromatic rings. The molecule has 0 spiro atoms. The first kappa shape index (κ1) is 15.7. The normalized spacial score (nSPS) is 12.1. The molecule has 1 aromatic carbocycles. The van der Waals surface area contributed by atoms with Crippen LogP contribution in [0.2, 0.25) is 0 Å². The number of hydrogen-bond donors (Lipinski definition) is 2. The number of amides is 1. The summed E-state index contributed by atoms with van der Waals surface area (Å²) >= 11 is 0. The Kier molecular flexibility index (Phi) is 7.91. The molecule has 3 heteroatoms. The van der Waals surface area contributed by atoms with Crippen LogP contribution in [0.25, 0.3) is 0 Å². The topological polar surface area (TPSA) is 49.3 Å². The van der Waals surface area contributed by atoms with Crippen LogP contribution in [0.15, 0.2) is 30.3 Å². The van der Waals surface area contributed by atoms with E-state index in [0.717, 1.165) is 18.4 Å². The number of aliphatic hydroxyl groups excluding tert-OH is 1. The van der Waals surface area contributed by atoms with Gasteiger partial charge in [0.25, 0.3) is 0 Å². The second-order valence-electron chi connectivity index (χ2n) is 4.88. The molecule has 2 N–H and O–H groups in total. The Bertz CT molecular complexity index is 351. The van der Waals surface area contributed by atoms with Crippen molar-refractivity contribution in [1.29, 1.82) is 0 Å². The van der Waals surface area contributed by atoms with Crippen LogP contribution >= 0.6 is 0 Å². The molecular formula is C16H25NO2. The lowest BCUT2D eigenvalue weighted by Crippen LogP contribution is -2.30. The highest BCUT2D eigenvalue weighted by molar-refractivity contribution is 5.76. The quantitative estimate of drug-likeness (QED) is 0.672. The molecule has 1 atom stereocenters. The van der Waals surface area contributed by atoms with Crippen molar-refractivity contribution in [2.24, 2.45) is 0 Å². The van der Waals surface area contributed by atoms with Gasteiger partial charge in [-0.25, -0.2) is 0 Å². The minimum absolute atomic E-state index is 0.0272. The number of nitrogens with one attached hydrogen (secondary N) is 1. The summed E-state index contributed by atoms with van der Waals surface area (Å²) in [5, 5.41) is 12.2. The number of carbonyl (C=O) groups is 1. The highest BCUT2D eigenvalue weighted by Crippen LogP contribution is 2.12. The lowest BCUT2D eigenvalue weighted by molar-refractivity contribution is -0.122. The van der Waals surface area contributed by atoms with Gasteiger partial charge in [-0.05, 0) is 12.0 Å². The average molecular weight is 263 g/mol. The number of rotatable bonds is 9. The van der Waals surface area contributed by atoms with Crippen LogP contribution in [0.5, 0.6) is 0 Å². The Morgan fingerprint density at radius 1 is 1.16 bits per heavy atom. The van der Waals surface area contributed by atoms with Crippen molar-refractivity contribution in [3.63, 3.8) is 0 Å². The molecule has 0 fully saturated rings. The Morgan fingerprint density at radius 3 is 2.47 bits per heavy atom. The van der Waals surface area contributed by atoms with Gasteiger partial charge in [0.15, 0.2) is 0 Å². The second kappa shape index (κ2) is 9.56. The third kappa shape index (κ3) is 6.39. The summed E-state index contributed by atoms with van der Waals surface area (Å²) in [5.74, 6) is 0.0272. The fraction of sp³-hybridized carbons (Fsp3) is 0.562. The predicted molar refractivity (Wildman–Crippen MR) is 77.8 cm³/mol. The van der Waals surface area contributed by atoms with Crippen molar-refractivity contribution in [1.82, 2.24) is 5.32 Å². The molecule has 0 aliphatic heterocycles. The largest absolute Gasteiger partial charge is 0.394 e. The molecule has 0 bridgehead atoms. The zero-order valence-electron chi connectivity index (χ0n) is 11.8. The SMILES string of the molecule is CCCCCCCC(=O)NC(CO)c1ccccc1. The molecule has 1 rings (SSSR count). The van der Waals surface area contributed by atoms with E-state index in [1.165, 1.54) is 19.3 Å². The molecule has 1 amide bonds. The van der Waals surface area contributed by atoms with Crippen LogP contribution < -0.4 is 5.32 Å². The van der Waals surface area contributed by atoms with Crippen molar-refractivity contribution >= 4 is 5.91 Å². The molecule has 3 nitrogen and oxygen atoms in total. The van der Waals surface area contributed by atoms with E-state index in [2.05, 4.69) is 12.2 Å². The molecule has 0 aromatic heterocycles. The van der Waals surface area contributed by atoms with Crippen LogP contribution in [-0.4, -0.2) is 17.6 Å². The van der Waals surface area contributed by atoms with E-state index < -0.39 is 0 Å². The van der Waals surface area contributed by atoms with E-state index in [9.17, 15) is 9.90 Å². The van der Waals surface area contributed by atoms with Crippen molar-refractivity contribution in [3.05, 3.63) is 35.9 Å². The fourth-order valence-electron chi connectivity index (χ4n) is 2.08. The van der Waals surface area contributed by atoms with Crippen LogP contribution in [0, 0.1) is 0 Å². The second-order valence-corrected chi connectivity index (χ2v) is 4.88. The standard InChI is InChI=1S/C16H25NO2/c1-2-3-4-5-9-12-16(19)17-15(13-18)14-10-7-6-8-11-14/h6-8,10-11,15,18H,2-5,9,12-13H2,1H3,(H,17,19). The highest BCUT2D eigenvalue weighted by Gasteiger charge is 2.12. The van der Waals surface area contributed by atoms with E-state index in [0.29, 0.717) is 6.42 Å². The van der Waals surface area contributed by atoms with Crippen molar-refractivity contribution < 1.29 is 9.90 Å². The van der Waals surface area contributed by atoms with Gasteiger partial charge in [0.2, 0.25) is 5.91 Å². The molecular weight excluding hydrogens is 238 g/mol. The van der Waals surface area contributed by atoms with E-state index in [4.69, 9.17) is 0 Å². The number of benzene rings is 1. The molecule has 0 saturated carbocycles. The highest BCUT2D eigenvalue weighted by atomic mass is 16.3. The summed E-state index contributed by atoms with van der Waals surface area (Å²) in [4.78, 5) is 11.8. The number of aliphatic hydroxyl groups is 1. The molecule has 19 heavy (non-hydrogen) atoms. The van der Waals surface area contributed by atoms with Crippen molar-refractivity contribution in [2.45, 2.75) is 51.5 Å². The Morgan fingerprint density at radius 2 is 1.84 bits per heavy atom. The number of hydrogen-bond acceptors (Lipinski definition) is 2. The maximum atomic E-state index is 11.8. The molecule has 0 aliphatic rings. The fourth-order valence-corrected chi connectivity index (χ4v) is 2.08. The van der Waals surface area contributed by atoms with E-state index in [-0.39, 0.29) is 18.6 Å². The van der Waals surface area contributed by atoms with Crippen LogP contribution in [0.4, 0.5) is 0 Å². The predicted octanol–water partition coefficient (Wildman–Crippen LogP) is 3.20. The van der Waals surface area contributed by atoms with E-state index >= 15 is 0 Å². The summed E-state index contributed by atoms with van der Waals surface area (Å²) in [7, 11) is 0. The molecule has 0 saturated heterocycles. The number of unbranched alkanes of at least 4 members (excludes halogenated alkanes) is 4. The molecule has 0 heterocycles. The minimum atomic E-state index is -0.288. The zero-order chi connectivity index (χ0) is 13.9. The maximum Gasteiger partial charge on any atom is 0.220 e. The Balaban J connectivity index is 2.30. The first-order chi connectivity index (χ1) is 9.27. The Labute approximate surface area is 116 Å². The van der Waals surface area contributed by atoms with Gasteiger partial charge in [-0.2, -0.15) is 0 Å². The summed E-state index contributed by atoms with van der Waals surface area (Å²) in [6.07, 6.45) is 6.24. The minimum Gasteiger partial charge on any atom is -0.394 e. The lowest BCUT2D eigenvalue weighted by Gasteiger charge is -2.16. The van der Waals surface area contributed by atoms with Crippen molar-refractivity contribution in [3.8, 4) is 0 Å². The maximum absolute atomic E-state index is 11.8. The third-order valence-electron chi connectivity index (χ3n) is 3.23. The van der Waals surface area contributed by atoms with Gasteiger partial charge in [-0.15, -0.1) is 0 Å². The van der Waals surface area contributed by atoms with Gasteiger partial charge in [0.1, 0.15) is 0 Å². The van der Waals surface area contributed by atoms with E-state index in [1.54, 1.807) is 0 Å². The molecule has 0 aliphatic carbocycles. The Hall–Kier alpha value is -1.35. The zero-order valence-corrected chi connectivity index (χ0v) is 11.8. The summed E-state index contributed by atoms with van der Waals surface area (Å²) in [5.41, 5.74) is 0.948. The van der Waals surface area contributed by atoms with Gasteiger partial charge in [0, 0.05) is 6.42 Å². The third-order valence-corrected chi connectivity index (χ3v) is 3.23. The molecule has 1 unspecified atom stereocenters. The van der Waals surface area contributed by atoms with Crippen LogP contribution in [0.3, 0.4) is 0 Å². The van der Waals surface area contributed by atoms with Crippen LogP contribution in [-0.2, 0) is 4.79 Å². The average Bonchev–Trinajstić information content (AvgIpc) is 2.45. The summed E-state index contributed by atoms with van der Waals surface area (Å²) < 4.78 is 0. The van der Waals surface area contributed by atoms with Gasteiger partial charge in [0.05, 0.1) is 12.6 Å². The monoisotopic (exact) mass is 263 g/mol. The van der Waals surface area contributed by atoms with Crippen molar-refractivity contribution in [2.75, 3.05) is 6.61 Å². The van der Waals surface area contributed by atoms with Crippen LogP contribution in [0.1, 0.15) is 57.1 Å². The first-order valence-electron chi connectivity index (χ1n) is 7.23. The first-order valence-corrected chi connectivity index (χ1v) is 7.23.